The molecule has 0 heterocycles. The fraction of sp³-hybridized carbons (Fsp3) is 0.941. The highest BCUT2D eigenvalue weighted by Crippen LogP contribution is 1.90. The van der Waals surface area contributed by atoms with E-state index in [9.17, 15) is 4.79 Å². The monoisotopic (exact) mass is 365 g/mol. The van der Waals surface area contributed by atoms with Crippen LogP contribution < -0.4 is 0 Å². The summed E-state index contributed by atoms with van der Waals surface area (Å²) in [7, 11) is 3.42. The van der Waals surface area contributed by atoms with Gasteiger partial charge in [0.2, 0.25) is 5.91 Å². The Bertz CT molecular complexity index is 292. The first-order chi connectivity index (χ1) is 12.2. The van der Waals surface area contributed by atoms with Crippen molar-refractivity contribution in [1.82, 2.24) is 4.90 Å². The molecule has 0 rings (SSSR count). The fourth-order valence-corrected chi connectivity index (χ4v) is 1.72. The summed E-state index contributed by atoms with van der Waals surface area (Å²) in [5.74, 6) is 0.125. The van der Waals surface area contributed by atoms with Gasteiger partial charge in [-0.2, -0.15) is 0 Å². The first kappa shape index (κ1) is 24.2. The summed E-state index contributed by atoms with van der Waals surface area (Å²) in [6.07, 6.45) is 0.521. The maximum absolute atomic E-state index is 11.3. The number of rotatable bonds is 19. The Morgan fingerprint density at radius 1 is 0.680 bits per heavy atom. The van der Waals surface area contributed by atoms with Crippen LogP contribution >= 0.6 is 0 Å². The molecule has 0 spiro atoms. The van der Waals surface area contributed by atoms with Crippen LogP contribution in [0.15, 0.2) is 0 Å². The van der Waals surface area contributed by atoms with Gasteiger partial charge < -0.3 is 33.3 Å². The second-order valence-electron chi connectivity index (χ2n) is 5.22. The van der Waals surface area contributed by atoms with Crippen molar-refractivity contribution in [3.63, 3.8) is 0 Å². The number of amides is 1. The summed E-state index contributed by atoms with van der Waals surface area (Å²) >= 11 is 0. The molecule has 0 aromatic heterocycles. The largest absolute Gasteiger partial charge is 0.382 e. The zero-order chi connectivity index (χ0) is 18.6. The number of ether oxygens (including phenoxy) is 6. The smallest absolute Gasteiger partial charge is 0.222 e. The molecule has 150 valence electrons. The summed E-state index contributed by atoms with van der Waals surface area (Å²) in [5, 5.41) is 0. The van der Waals surface area contributed by atoms with Crippen LogP contribution in [0.2, 0.25) is 0 Å². The molecule has 0 aliphatic carbocycles. The quantitative estimate of drug-likeness (QED) is 0.310. The first-order valence-corrected chi connectivity index (χ1v) is 8.84. The lowest BCUT2D eigenvalue weighted by atomic mass is 10.4. The van der Waals surface area contributed by atoms with Crippen molar-refractivity contribution in [3.8, 4) is 0 Å². The van der Waals surface area contributed by atoms with Crippen molar-refractivity contribution in [3.05, 3.63) is 0 Å². The number of nitrogens with zero attached hydrogens (tertiary/aromatic N) is 1. The Hall–Kier alpha value is -0.770. The van der Waals surface area contributed by atoms with E-state index in [1.54, 1.807) is 19.1 Å². The molecular formula is C17H35NO7. The van der Waals surface area contributed by atoms with Gasteiger partial charge in [-0.25, -0.2) is 0 Å². The predicted molar refractivity (Wildman–Crippen MR) is 93.9 cm³/mol. The molecule has 0 bridgehead atoms. The van der Waals surface area contributed by atoms with Gasteiger partial charge in [0.25, 0.3) is 0 Å². The Morgan fingerprint density at radius 3 is 1.40 bits per heavy atom. The van der Waals surface area contributed by atoms with Crippen LogP contribution in [0.5, 0.6) is 0 Å². The highest BCUT2D eigenvalue weighted by atomic mass is 16.6. The minimum absolute atomic E-state index is 0.125. The zero-order valence-corrected chi connectivity index (χ0v) is 16.0. The molecule has 8 nitrogen and oxygen atoms in total. The summed E-state index contributed by atoms with van der Waals surface area (Å²) in [6, 6.07) is 0. The second-order valence-corrected chi connectivity index (χ2v) is 5.22. The molecule has 0 aromatic carbocycles. The third-order valence-corrected chi connectivity index (χ3v) is 3.22. The average molecular weight is 365 g/mol. The van der Waals surface area contributed by atoms with Crippen molar-refractivity contribution >= 4 is 5.91 Å². The Labute approximate surface area is 151 Å². The van der Waals surface area contributed by atoms with E-state index in [2.05, 4.69) is 0 Å². The van der Waals surface area contributed by atoms with Crippen molar-refractivity contribution in [2.75, 3.05) is 93.4 Å². The molecule has 8 heteroatoms. The molecule has 0 saturated heterocycles. The number of hydrogen-bond acceptors (Lipinski definition) is 7. The third kappa shape index (κ3) is 17.8. The van der Waals surface area contributed by atoms with E-state index in [4.69, 9.17) is 28.4 Å². The van der Waals surface area contributed by atoms with E-state index in [1.165, 1.54) is 0 Å². The van der Waals surface area contributed by atoms with Crippen molar-refractivity contribution in [1.29, 1.82) is 0 Å². The fourth-order valence-electron chi connectivity index (χ4n) is 1.72. The summed E-state index contributed by atoms with van der Waals surface area (Å²) in [4.78, 5) is 13.0. The number of likely N-dealkylation sites (N-methyl/N-ethyl adjacent to an activating group) is 1. The lowest BCUT2D eigenvalue weighted by Gasteiger charge is -2.16. The molecule has 25 heavy (non-hydrogen) atoms. The van der Waals surface area contributed by atoms with Gasteiger partial charge in [-0.05, 0) is 0 Å². The average Bonchev–Trinajstić information content (AvgIpc) is 2.63. The van der Waals surface area contributed by atoms with Crippen molar-refractivity contribution in [2.45, 2.75) is 13.3 Å². The van der Waals surface area contributed by atoms with E-state index >= 15 is 0 Å². The molecule has 0 aromatic rings. The standard InChI is InChI=1S/C17H35NO7/c1-4-17(19)18(2)5-6-21-9-10-23-13-14-25-16-15-24-12-11-22-8-7-20-3/h4-16H2,1-3H3. The van der Waals surface area contributed by atoms with Crippen LogP contribution in [0.4, 0.5) is 0 Å². The summed E-state index contributed by atoms with van der Waals surface area (Å²) < 4.78 is 31.7. The first-order valence-electron chi connectivity index (χ1n) is 8.84. The lowest BCUT2D eigenvalue weighted by molar-refractivity contribution is -0.130. The van der Waals surface area contributed by atoms with Crippen molar-refractivity contribution in [2.24, 2.45) is 0 Å². The molecule has 0 unspecified atom stereocenters. The topological polar surface area (TPSA) is 75.7 Å². The van der Waals surface area contributed by atoms with Gasteiger partial charge in [-0.3, -0.25) is 4.79 Å². The van der Waals surface area contributed by atoms with Gasteiger partial charge in [-0.1, -0.05) is 6.92 Å². The third-order valence-electron chi connectivity index (χ3n) is 3.22. The van der Waals surface area contributed by atoms with Gasteiger partial charge in [0.05, 0.1) is 72.7 Å². The molecule has 0 radical (unpaired) electrons. The second kappa shape index (κ2) is 19.6. The minimum atomic E-state index is 0.125. The Morgan fingerprint density at radius 2 is 1.04 bits per heavy atom. The van der Waals surface area contributed by atoms with Crippen LogP contribution in [0, 0.1) is 0 Å². The highest BCUT2D eigenvalue weighted by Gasteiger charge is 2.04. The van der Waals surface area contributed by atoms with Gasteiger partial charge in [-0.15, -0.1) is 0 Å². The SMILES string of the molecule is CCC(=O)N(C)CCOCCOCCOCCOCCOCCOC. The summed E-state index contributed by atoms with van der Waals surface area (Å²) in [5.41, 5.74) is 0. The van der Waals surface area contributed by atoms with Gasteiger partial charge in [0.15, 0.2) is 0 Å². The number of methoxy groups -OCH3 is 1. The number of hydrogen-bond donors (Lipinski definition) is 0. The highest BCUT2D eigenvalue weighted by molar-refractivity contribution is 5.75. The van der Waals surface area contributed by atoms with Gasteiger partial charge in [0, 0.05) is 27.1 Å². The molecule has 0 aliphatic heterocycles. The van der Waals surface area contributed by atoms with E-state index in [0.29, 0.717) is 85.6 Å². The maximum Gasteiger partial charge on any atom is 0.222 e. The van der Waals surface area contributed by atoms with Crippen LogP contribution in [-0.2, 0) is 33.2 Å². The van der Waals surface area contributed by atoms with Gasteiger partial charge in [0.1, 0.15) is 0 Å². The van der Waals surface area contributed by atoms with Crippen molar-refractivity contribution < 1.29 is 33.2 Å². The predicted octanol–water partition coefficient (Wildman–Crippen LogP) is 0.584. The number of carbonyl (C=O) groups excluding carboxylic acids is 1. The van der Waals surface area contributed by atoms with Crippen LogP contribution in [0.3, 0.4) is 0 Å². The number of carbonyl (C=O) groups is 1. The Balaban J connectivity index is 3.08. The molecule has 0 saturated carbocycles. The van der Waals surface area contributed by atoms with E-state index in [-0.39, 0.29) is 5.91 Å². The molecule has 0 N–H and O–H groups in total. The molecule has 0 atom stereocenters. The van der Waals surface area contributed by atoms with E-state index in [0.717, 1.165) is 0 Å². The van der Waals surface area contributed by atoms with Crippen LogP contribution in [0.25, 0.3) is 0 Å². The lowest BCUT2D eigenvalue weighted by Crippen LogP contribution is -2.29. The zero-order valence-electron chi connectivity index (χ0n) is 16.0. The summed E-state index contributed by atoms with van der Waals surface area (Å²) in [6.45, 7) is 8.45. The normalized spacial score (nSPS) is 11.0. The van der Waals surface area contributed by atoms with Crippen LogP contribution in [-0.4, -0.2) is 104 Å². The molecule has 1 amide bonds. The van der Waals surface area contributed by atoms with Crippen LogP contribution in [0.1, 0.15) is 13.3 Å². The minimum Gasteiger partial charge on any atom is -0.382 e. The van der Waals surface area contributed by atoms with E-state index < -0.39 is 0 Å². The van der Waals surface area contributed by atoms with Gasteiger partial charge >= 0.3 is 0 Å². The Kier molecular flexibility index (Phi) is 19.0. The maximum atomic E-state index is 11.3. The van der Waals surface area contributed by atoms with E-state index in [1.807, 2.05) is 6.92 Å². The molecule has 0 aliphatic rings. The molecular weight excluding hydrogens is 330 g/mol. The molecule has 0 fully saturated rings.